The minimum atomic E-state index is 0.885. The molecule has 0 atom stereocenters. The Kier molecular flexibility index (Phi) is 3.64. The van der Waals surface area contributed by atoms with Crippen molar-refractivity contribution in [3.05, 3.63) is 42.0 Å². The van der Waals surface area contributed by atoms with Gasteiger partial charge in [0.2, 0.25) is 0 Å². The van der Waals surface area contributed by atoms with Crippen LogP contribution in [0.25, 0.3) is 10.2 Å². The SMILES string of the molecule is c1ccc(N2CCCCC2)c(Nc2ncnc3sccc23)c1. The molecule has 4 nitrogen and oxygen atoms in total. The van der Waals surface area contributed by atoms with Gasteiger partial charge >= 0.3 is 0 Å². The van der Waals surface area contributed by atoms with Crippen LogP contribution < -0.4 is 10.2 Å². The van der Waals surface area contributed by atoms with Crippen LogP contribution in [-0.2, 0) is 0 Å². The van der Waals surface area contributed by atoms with Crippen LogP contribution in [0.2, 0.25) is 0 Å². The first kappa shape index (κ1) is 13.5. The highest BCUT2D eigenvalue weighted by molar-refractivity contribution is 7.16. The highest BCUT2D eigenvalue weighted by atomic mass is 32.1. The van der Waals surface area contributed by atoms with Crippen molar-refractivity contribution in [3.8, 4) is 0 Å². The molecule has 0 unspecified atom stereocenters. The van der Waals surface area contributed by atoms with Crippen LogP contribution in [0, 0.1) is 0 Å². The highest BCUT2D eigenvalue weighted by Crippen LogP contribution is 2.32. The number of hydrogen-bond acceptors (Lipinski definition) is 5. The Morgan fingerprint density at radius 2 is 1.86 bits per heavy atom. The number of anilines is 3. The smallest absolute Gasteiger partial charge is 0.142 e. The average Bonchev–Trinajstić information content (AvgIpc) is 3.06. The average molecular weight is 310 g/mol. The number of para-hydroxylation sites is 2. The second-order valence-electron chi connectivity index (χ2n) is 5.55. The summed E-state index contributed by atoms with van der Waals surface area (Å²) < 4.78 is 0. The van der Waals surface area contributed by atoms with Gasteiger partial charge < -0.3 is 10.2 Å². The van der Waals surface area contributed by atoms with E-state index in [9.17, 15) is 0 Å². The monoisotopic (exact) mass is 310 g/mol. The number of nitrogens with one attached hydrogen (secondary N) is 1. The normalized spacial score (nSPS) is 15.2. The number of nitrogens with zero attached hydrogens (tertiary/aromatic N) is 3. The van der Waals surface area contributed by atoms with E-state index in [4.69, 9.17) is 0 Å². The molecule has 0 bridgehead atoms. The van der Waals surface area contributed by atoms with E-state index in [0.717, 1.165) is 34.8 Å². The van der Waals surface area contributed by atoms with E-state index in [1.165, 1.54) is 24.9 Å². The molecule has 1 aliphatic heterocycles. The van der Waals surface area contributed by atoms with Crippen molar-refractivity contribution in [2.45, 2.75) is 19.3 Å². The van der Waals surface area contributed by atoms with Crippen molar-refractivity contribution in [2.24, 2.45) is 0 Å². The molecular weight excluding hydrogens is 292 g/mol. The van der Waals surface area contributed by atoms with Gasteiger partial charge in [0.15, 0.2) is 0 Å². The number of hydrogen-bond donors (Lipinski definition) is 1. The highest BCUT2D eigenvalue weighted by Gasteiger charge is 2.15. The van der Waals surface area contributed by atoms with Gasteiger partial charge in [-0.05, 0) is 42.8 Å². The van der Waals surface area contributed by atoms with Crippen LogP contribution in [0.5, 0.6) is 0 Å². The van der Waals surface area contributed by atoms with Gasteiger partial charge in [-0.2, -0.15) is 0 Å². The van der Waals surface area contributed by atoms with Gasteiger partial charge in [0, 0.05) is 13.1 Å². The van der Waals surface area contributed by atoms with Crippen molar-refractivity contribution in [2.75, 3.05) is 23.3 Å². The number of thiophene rings is 1. The topological polar surface area (TPSA) is 41.0 Å². The summed E-state index contributed by atoms with van der Waals surface area (Å²) in [5.41, 5.74) is 2.39. The molecule has 0 spiro atoms. The third kappa shape index (κ3) is 2.52. The zero-order valence-corrected chi connectivity index (χ0v) is 13.1. The summed E-state index contributed by atoms with van der Waals surface area (Å²) >= 11 is 1.64. The summed E-state index contributed by atoms with van der Waals surface area (Å²) in [5, 5.41) is 6.65. The molecule has 4 rings (SSSR count). The molecule has 0 saturated carbocycles. The van der Waals surface area contributed by atoms with E-state index in [2.05, 4.69) is 55.9 Å². The Hall–Kier alpha value is -2.14. The summed E-state index contributed by atoms with van der Waals surface area (Å²) in [6.07, 6.45) is 5.52. The van der Waals surface area contributed by atoms with Crippen LogP contribution in [0.1, 0.15) is 19.3 Å². The van der Waals surface area contributed by atoms with Crippen LogP contribution in [0.3, 0.4) is 0 Å². The number of rotatable bonds is 3. The first-order valence-corrected chi connectivity index (χ1v) is 8.59. The molecule has 0 amide bonds. The number of aromatic nitrogens is 2. The summed E-state index contributed by atoms with van der Waals surface area (Å²) in [6, 6.07) is 10.6. The molecule has 1 aliphatic rings. The molecule has 2 aromatic heterocycles. The van der Waals surface area contributed by atoms with Crippen molar-refractivity contribution < 1.29 is 0 Å². The van der Waals surface area contributed by atoms with E-state index in [0.29, 0.717) is 0 Å². The molecule has 3 aromatic rings. The lowest BCUT2D eigenvalue weighted by Crippen LogP contribution is -2.29. The largest absolute Gasteiger partial charge is 0.370 e. The number of benzene rings is 1. The van der Waals surface area contributed by atoms with Crippen molar-refractivity contribution in [1.82, 2.24) is 9.97 Å². The van der Waals surface area contributed by atoms with E-state index >= 15 is 0 Å². The van der Waals surface area contributed by atoms with Gasteiger partial charge in [0.1, 0.15) is 17.0 Å². The molecule has 22 heavy (non-hydrogen) atoms. The summed E-state index contributed by atoms with van der Waals surface area (Å²) in [6.45, 7) is 2.27. The predicted molar refractivity (Wildman–Crippen MR) is 93.2 cm³/mol. The van der Waals surface area contributed by atoms with Crippen LogP contribution >= 0.6 is 11.3 Å². The van der Waals surface area contributed by atoms with Gasteiger partial charge in [-0.1, -0.05) is 12.1 Å². The van der Waals surface area contributed by atoms with E-state index in [1.807, 2.05) is 0 Å². The lowest BCUT2D eigenvalue weighted by Gasteiger charge is -2.30. The van der Waals surface area contributed by atoms with Gasteiger partial charge in [-0.15, -0.1) is 11.3 Å². The Morgan fingerprint density at radius 3 is 2.77 bits per heavy atom. The molecule has 112 valence electrons. The fraction of sp³-hybridized carbons (Fsp3) is 0.294. The quantitative estimate of drug-likeness (QED) is 0.777. The Bertz CT molecular complexity index is 777. The minimum absolute atomic E-state index is 0.885. The van der Waals surface area contributed by atoms with Gasteiger partial charge in [0.05, 0.1) is 16.8 Å². The molecular formula is C17H18N4S. The van der Waals surface area contributed by atoms with Gasteiger partial charge in [-0.25, -0.2) is 9.97 Å². The summed E-state index contributed by atoms with van der Waals surface area (Å²) in [5.74, 6) is 0.885. The Balaban J connectivity index is 1.69. The Morgan fingerprint density at radius 1 is 1.00 bits per heavy atom. The summed E-state index contributed by atoms with van der Waals surface area (Å²) in [7, 11) is 0. The Labute approximate surface area is 133 Å². The molecule has 1 fully saturated rings. The first-order valence-electron chi connectivity index (χ1n) is 7.71. The van der Waals surface area contributed by atoms with E-state index < -0.39 is 0 Å². The predicted octanol–water partition coefficient (Wildman–Crippen LogP) is 4.43. The lowest BCUT2D eigenvalue weighted by atomic mass is 10.1. The maximum atomic E-state index is 4.43. The molecule has 5 heteroatoms. The molecule has 3 heterocycles. The number of piperidine rings is 1. The van der Waals surface area contributed by atoms with E-state index in [-0.39, 0.29) is 0 Å². The molecule has 1 aromatic carbocycles. The minimum Gasteiger partial charge on any atom is -0.370 e. The van der Waals surface area contributed by atoms with E-state index in [1.54, 1.807) is 17.7 Å². The lowest BCUT2D eigenvalue weighted by molar-refractivity contribution is 0.578. The van der Waals surface area contributed by atoms with Crippen LogP contribution in [-0.4, -0.2) is 23.1 Å². The van der Waals surface area contributed by atoms with Crippen molar-refractivity contribution in [1.29, 1.82) is 0 Å². The molecule has 0 aliphatic carbocycles. The molecule has 1 saturated heterocycles. The first-order chi connectivity index (χ1) is 10.9. The van der Waals surface area contributed by atoms with Crippen molar-refractivity contribution >= 4 is 38.7 Å². The zero-order valence-electron chi connectivity index (χ0n) is 12.3. The molecule has 0 radical (unpaired) electrons. The van der Waals surface area contributed by atoms with Crippen molar-refractivity contribution in [3.63, 3.8) is 0 Å². The number of fused-ring (bicyclic) bond motifs is 1. The maximum Gasteiger partial charge on any atom is 0.142 e. The fourth-order valence-corrected chi connectivity index (χ4v) is 3.74. The third-order valence-corrected chi connectivity index (χ3v) is 4.94. The zero-order chi connectivity index (χ0) is 14.8. The van der Waals surface area contributed by atoms with Crippen LogP contribution in [0.4, 0.5) is 17.2 Å². The molecule has 1 N–H and O–H groups in total. The van der Waals surface area contributed by atoms with Gasteiger partial charge in [0.25, 0.3) is 0 Å². The second-order valence-corrected chi connectivity index (χ2v) is 6.45. The van der Waals surface area contributed by atoms with Crippen LogP contribution in [0.15, 0.2) is 42.0 Å². The van der Waals surface area contributed by atoms with Gasteiger partial charge in [-0.3, -0.25) is 0 Å². The third-order valence-electron chi connectivity index (χ3n) is 4.12. The fourth-order valence-electron chi connectivity index (χ4n) is 3.01. The second kappa shape index (κ2) is 5.93. The maximum absolute atomic E-state index is 4.43. The standard InChI is InChI=1S/C17H18N4S/c1-4-9-21(10-5-1)15-7-3-2-6-14(15)20-16-13-8-11-22-17(13)19-12-18-16/h2-3,6-8,11-12H,1,4-5,9-10H2,(H,18,19,20). The summed E-state index contributed by atoms with van der Waals surface area (Å²) in [4.78, 5) is 12.2.